The van der Waals surface area contributed by atoms with Gasteiger partial charge in [0.1, 0.15) is 0 Å². The smallest absolute Gasteiger partial charge is 0.191 e. The topological polar surface area (TPSA) is 78.4 Å². The summed E-state index contributed by atoms with van der Waals surface area (Å²) in [5.74, 6) is 1.19. The summed E-state index contributed by atoms with van der Waals surface area (Å²) < 4.78 is 11.6. The van der Waals surface area contributed by atoms with Gasteiger partial charge in [-0.1, -0.05) is 44.2 Å². The molecule has 0 spiro atoms. The van der Waals surface area contributed by atoms with E-state index in [1.807, 2.05) is 6.92 Å². The quantitative estimate of drug-likeness (QED) is 0.231. The van der Waals surface area contributed by atoms with Crippen LogP contribution < -0.4 is 10.6 Å². The number of aliphatic hydroxyl groups is 1. The van der Waals surface area contributed by atoms with Gasteiger partial charge in [-0.2, -0.15) is 0 Å². The van der Waals surface area contributed by atoms with Crippen LogP contribution in [0.1, 0.15) is 45.6 Å². The van der Waals surface area contributed by atoms with E-state index >= 15 is 0 Å². The molecule has 0 saturated carbocycles. The van der Waals surface area contributed by atoms with Crippen molar-refractivity contribution in [3.05, 3.63) is 35.9 Å². The van der Waals surface area contributed by atoms with Crippen molar-refractivity contribution < 1.29 is 14.6 Å². The van der Waals surface area contributed by atoms with Gasteiger partial charge in [-0.15, -0.1) is 0 Å². The summed E-state index contributed by atoms with van der Waals surface area (Å²) in [5, 5.41) is 16.6. The second kappa shape index (κ2) is 16.0. The Morgan fingerprint density at radius 3 is 2.59 bits per heavy atom. The molecule has 0 aliphatic carbocycles. The molecular formula is C25H44N4O3. The fourth-order valence-electron chi connectivity index (χ4n) is 3.64. The maximum Gasteiger partial charge on any atom is 0.191 e. The maximum absolute atomic E-state index is 10.0. The minimum Gasteiger partial charge on any atom is -0.389 e. The van der Waals surface area contributed by atoms with Crippen molar-refractivity contribution in [2.24, 2.45) is 10.9 Å². The highest BCUT2D eigenvalue weighted by atomic mass is 16.5. The van der Waals surface area contributed by atoms with Crippen molar-refractivity contribution in [3.8, 4) is 0 Å². The van der Waals surface area contributed by atoms with Gasteiger partial charge in [0.05, 0.1) is 25.4 Å². The number of nitrogens with one attached hydrogen (secondary N) is 2. The molecule has 1 heterocycles. The molecule has 1 aromatic carbocycles. The van der Waals surface area contributed by atoms with Gasteiger partial charge in [-0.25, -0.2) is 0 Å². The first kappa shape index (κ1) is 26.6. The zero-order chi connectivity index (χ0) is 23.0. The van der Waals surface area contributed by atoms with E-state index in [2.05, 4.69) is 64.7 Å². The Morgan fingerprint density at radius 1 is 1.16 bits per heavy atom. The maximum atomic E-state index is 10.0. The van der Waals surface area contributed by atoms with Crippen molar-refractivity contribution in [1.82, 2.24) is 15.5 Å². The Kier molecular flexibility index (Phi) is 13.3. The molecule has 1 fully saturated rings. The van der Waals surface area contributed by atoms with E-state index in [-0.39, 0.29) is 0 Å². The largest absolute Gasteiger partial charge is 0.389 e. The van der Waals surface area contributed by atoms with Crippen LogP contribution in [0.5, 0.6) is 0 Å². The lowest BCUT2D eigenvalue weighted by molar-refractivity contribution is 0.00533. The minimum atomic E-state index is -0.583. The molecule has 0 radical (unpaired) electrons. The molecule has 1 aliphatic rings. The number of ether oxygens (including phenoxy) is 2. The first-order chi connectivity index (χ1) is 15.6. The number of aliphatic imine (C=N–C) groups is 1. The summed E-state index contributed by atoms with van der Waals surface area (Å²) in [5.41, 5.74) is 1.38. The molecule has 2 rings (SSSR count). The SMILES string of the molecule is CCNC(=NCC(O)COCC(C)C)NCCCOC1CCN(Cc2ccccc2)CC1. The van der Waals surface area contributed by atoms with Gasteiger partial charge in [0.15, 0.2) is 5.96 Å². The predicted octanol–water partition coefficient (Wildman–Crippen LogP) is 2.65. The van der Waals surface area contributed by atoms with E-state index in [0.717, 1.165) is 64.6 Å². The number of piperidine rings is 1. The van der Waals surface area contributed by atoms with Gasteiger partial charge in [0.25, 0.3) is 0 Å². The van der Waals surface area contributed by atoms with E-state index in [1.165, 1.54) is 5.56 Å². The lowest BCUT2D eigenvalue weighted by atomic mass is 10.1. The van der Waals surface area contributed by atoms with Crippen molar-refractivity contribution in [3.63, 3.8) is 0 Å². The van der Waals surface area contributed by atoms with Crippen LogP contribution in [0.25, 0.3) is 0 Å². The Labute approximate surface area is 194 Å². The van der Waals surface area contributed by atoms with Gasteiger partial charge in [0, 0.05) is 45.9 Å². The Bertz CT molecular complexity index is 619. The zero-order valence-electron chi connectivity index (χ0n) is 20.3. The van der Waals surface area contributed by atoms with Gasteiger partial charge >= 0.3 is 0 Å². The number of rotatable bonds is 14. The first-order valence-electron chi connectivity index (χ1n) is 12.2. The van der Waals surface area contributed by atoms with Crippen LogP contribution in [-0.4, -0.2) is 80.7 Å². The second-order valence-corrected chi connectivity index (χ2v) is 8.92. The summed E-state index contributed by atoms with van der Waals surface area (Å²) in [6.07, 6.45) is 2.90. The molecule has 0 bridgehead atoms. The third-order valence-electron chi connectivity index (χ3n) is 5.32. The van der Waals surface area contributed by atoms with E-state index in [0.29, 0.717) is 31.8 Å². The van der Waals surface area contributed by atoms with E-state index in [1.54, 1.807) is 0 Å². The van der Waals surface area contributed by atoms with Crippen molar-refractivity contribution in [2.45, 2.75) is 58.8 Å². The van der Waals surface area contributed by atoms with Crippen molar-refractivity contribution >= 4 is 5.96 Å². The van der Waals surface area contributed by atoms with E-state index in [9.17, 15) is 5.11 Å². The fraction of sp³-hybridized carbons (Fsp3) is 0.720. The minimum absolute atomic E-state index is 0.319. The van der Waals surface area contributed by atoms with Crippen molar-refractivity contribution in [2.75, 3.05) is 52.5 Å². The highest BCUT2D eigenvalue weighted by Gasteiger charge is 2.19. The van der Waals surface area contributed by atoms with Crippen LogP contribution in [0.3, 0.4) is 0 Å². The summed E-state index contributed by atoms with van der Waals surface area (Å²) in [6.45, 7) is 13.1. The molecule has 1 unspecified atom stereocenters. The molecule has 7 nitrogen and oxygen atoms in total. The highest BCUT2D eigenvalue weighted by molar-refractivity contribution is 5.79. The molecular weight excluding hydrogens is 404 g/mol. The number of hydrogen-bond donors (Lipinski definition) is 3. The van der Waals surface area contributed by atoms with E-state index < -0.39 is 6.10 Å². The molecule has 1 atom stereocenters. The normalized spacial score (nSPS) is 17.0. The van der Waals surface area contributed by atoms with Crippen LogP contribution in [0, 0.1) is 5.92 Å². The van der Waals surface area contributed by atoms with Crippen LogP contribution in [-0.2, 0) is 16.0 Å². The third kappa shape index (κ3) is 11.8. The van der Waals surface area contributed by atoms with Crippen molar-refractivity contribution in [1.29, 1.82) is 0 Å². The summed E-state index contributed by atoms with van der Waals surface area (Å²) in [7, 11) is 0. The number of nitrogens with zero attached hydrogens (tertiary/aromatic N) is 2. The Balaban J connectivity index is 1.55. The zero-order valence-corrected chi connectivity index (χ0v) is 20.3. The van der Waals surface area contributed by atoms with Gasteiger partial charge in [0.2, 0.25) is 0 Å². The summed E-state index contributed by atoms with van der Waals surface area (Å²) in [6, 6.07) is 10.7. The molecule has 1 saturated heterocycles. The Morgan fingerprint density at radius 2 is 1.91 bits per heavy atom. The number of benzene rings is 1. The lowest BCUT2D eigenvalue weighted by Gasteiger charge is -2.32. The number of hydrogen-bond acceptors (Lipinski definition) is 5. The molecule has 1 aromatic rings. The molecule has 1 aliphatic heterocycles. The monoisotopic (exact) mass is 448 g/mol. The molecule has 182 valence electrons. The first-order valence-corrected chi connectivity index (χ1v) is 12.2. The third-order valence-corrected chi connectivity index (χ3v) is 5.32. The number of guanidine groups is 1. The summed E-state index contributed by atoms with van der Waals surface area (Å²) >= 11 is 0. The Hall–Kier alpha value is -1.67. The average molecular weight is 449 g/mol. The molecule has 7 heteroatoms. The lowest BCUT2D eigenvalue weighted by Crippen LogP contribution is -2.39. The van der Waals surface area contributed by atoms with Gasteiger partial charge in [-0.05, 0) is 37.7 Å². The van der Waals surface area contributed by atoms with E-state index in [4.69, 9.17) is 9.47 Å². The fourth-order valence-corrected chi connectivity index (χ4v) is 3.64. The standard InChI is InChI=1S/C25H44N4O3/c1-4-26-25(28-17-23(30)20-31-19-21(2)3)27-13-8-16-32-24-11-14-29(15-12-24)18-22-9-6-5-7-10-22/h5-7,9-10,21,23-24,30H,4,8,11-20H2,1-3H3,(H2,26,27,28). The summed E-state index contributed by atoms with van der Waals surface area (Å²) in [4.78, 5) is 6.97. The van der Waals surface area contributed by atoms with Gasteiger partial charge in [-0.3, -0.25) is 9.89 Å². The number of likely N-dealkylation sites (tertiary alicyclic amines) is 1. The predicted molar refractivity (Wildman–Crippen MR) is 131 cm³/mol. The van der Waals surface area contributed by atoms with Crippen LogP contribution in [0.2, 0.25) is 0 Å². The molecule has 3 N–H and O–H groups in total. The molecule has 0 aromatic heterocycles. The molecule has 32 heavy (non-hydrogen) atoms. The number of aliphatic hydroxyl groups excluding tert-OH is 1. The average Bonchev–Trinajstić information content (AvgIpc) is 2.78. The molecule has 0 amide bonds. The second-order valence-electron chi connectivity index (χ2n) is 8.92. The van der Waals surface area contributed by atoms with Gasteiger partial charge < -0.3 is 25.2 Å². The van der Waals surface area contributed by atoms with Crippen LogP contribution in [0.4, 0.5) is 0 Å². The van der Waals surface area contributed by atoms with Crippen LogP contribution >= 0.6 is 0 Å². The van der Waals surface area contributed by atoms with Crippen LogP contribution in [0.15, 0.2) is 35.3 Å². The highest BCUT2D eigenvalue weighted by Crippen LogP contribution is 2.16.